The average Bonchev–Trinajstić information content (AvgIpc) is 2.03. The van der Waals surface area contributed by atoms with Crippen LogP contribution in [0.5, 0.6) is 0 Å². The second kappa shape index (κ2) is 6.84. The molecule has 0 aromatic rings. The first-order chi connectivity index (χ1) is 6.56. The summed E-state index contributed by atoms with van der Waals surface area (Å²) in [4.78, 5) is 31.7. The van der Waals surface area contributed by atoms with Gasteiger partial charge in [0.1, 0.15) is 0 Å². The summed E-state index contributed by atoms with van der Waals surface area (Å²) in [5.41, 5.74) is 0. The van der Waals surface area contributed by atoms with Crippen LogP contribution in [0.25, 0.3) is 0 Å². The lowest BCUT2D eigenvalue weighted by Crippen LogP contribution is -2.43. The lowest BCUT2D eigenvalue weighted by Gasteiger charge is -2.04. The molecule has 0 spiro atoms. The minimum Gasteiger partial charge on any atom is -0.480 e. The Bertz CT molecular complexity index is 229. The van der Waals surface area contributed by atoms with Crippen LogP contribution < -0.4 is 16.0 Å². The molecule has 0 saturated carbocycles. The Balaban J connectivity index is 3.55. The Hall–Kier alpha value is -1.63. The molecular weight excluding hydrogens is 190 g/mol. The number of carbonyl (C=O) groups is 3. The van der Waals surface area contributed by atoms with Crippen molar-refractivity contribution < 1.29 is 19.5 Å². The van der Waals surface area contributed by atoms with Gasteiger partial charge in [-0.1, -0.05) is 0 Å². The fraction of sp³-hybridized carbons (Fsp3) is 0.571. The van der Waals surface area contributed by atoms with Crippen molar-refractivity contribution >= 4 is 17.9 Å². The maximum atomic E-state index is 10.9. The first-order valence-electron chi connectivity index (χ1n) is 4.06. The molecule has 0 aliphatic heterocycles. The molecule has 7 nitrogen and oxygen atoms in total. The van der Waals surface area contributed by atoms with Gasteiger partial charge in [0.05, 0.1) is 13.1 Å². The van der Waals surface area contributed by atoms with E-state index in [1.807, 2.05) is 5.32 Å². The molecule has 80 valence electrons. The van der Waals surface area contributed by atoms with Gasteiger partial charge in [0, 0.05) is 6.54 Å². The van der Waals surface area contributed by atoms with Gasteiger partial charge in [-0.2, -0.15) is 0 Å². The smallest absolute Gasteiger partial charge is 0.321 e. The molecule has 0 atom stereocenters. The highest BCUT2D eigenvalue weighted by Crippen LogP contribution is 1.68. The first-order valence-corrected chi connectivity index (χ1v) is 4.06. The molecule has 3 amide bonds. The maximum Gasteiger partial charge on any atom is 0.321 e. The Labute approximate surface area is 80.9 Å². The van der Waals surface area contributed by atoms with Crippen molar-refractivity contribution in [2.45, 2.75) is 6.92 Å². The van der Waals surface area contributed by atoms with E-state index in [4.69, 9.17) is 5.11 Å². The van der Waals surface area contributed by atoms with E-state index in [0.717, 1.165) is 0 Å². The minimum atomic E-state index is -1.06. The van der Waals surface area contributed by atoms with Crippen molar-refractivity contribution in [3.63, 3.8) is 0 Å². The Morgan fingerprint density at radius 3 is 2.36 bits per heavy atom. The molecule has 7 heteroatoms. The number of amides is 3. The summed E-state index contributed by atoms with van der Waals surface area (Å²) in [7, 11) is 0. The van der Waals surface area contributed by atoms with Crippen molar-refractivity contribution in [3.05, 3.63) is 0 Å². The number of nitrogens with one attached hydrogen (secondary N) is 3. The van der Waals surface area contributed by atoms with Gasteiger partial charge in [-0.25, -0.2) is 4.79 Å². The lowest BCUT2D eigenvalue weighted by atomic mass is 10.5. The SMILES string of the molecule is CCNC(=O)NC(=O)CNCC(=O)O. The predicted molar refractivity (Wildman–Crippen MR) is 47.7 cm³/mol. The summed E-state index contributed by atoms with van der Waals surface area (Å²) in [6.07, 6.45) is 0. The monoisotopic (exact) mass is 203 g/mol. The molecule has 4 N–H and O–H groups in total. The predicted octanol–water partition coefficient (Wildman–Crippen LogP) is -1.49. The van der Waals surface area contributed by atoms with Gasteiger partial charge in [0.25, 0.3) is 0 Å². The third-order valence-electron chi connectivity index (χ3n) is 1.15. The number of carboxylic acids is 1. The standard InChI is InChI=1S/C7H13N3O4/c1-2-9-7(14)10-5(11)3-8-4-6(12)13/h8H,2-4H2,1H3,(H,12,13)(H2,9,10,11,14). The van der Waals surface area contributed by atoms with E-state index < -0.39 is 17.9 Å². The largest absolute Gasteiger partial charge is 0.480 e. The first kappa shape index (κ1) is 12.4. The zero-order valence-electron chi connectivity index (χ0n) is 7.79. The Morgan fingerprint density at radius 1 is 1.21 bits per heavy atom. The van der Waals surface area contributed by atoms with Gasteiger partial charge in [-0.15, -0.1) is 0 Å². The highest BCUT2D eigenvalue weighted by atomic mass is 16.4. The van der Waals surface area contributed by atoms with Crippen LogP contribution in [0.3, 0.4) is 0 Å². The molecule has 14 heavy (non-hydrogen) atoms. The van der Waals surface area contributed by atoms with Crippen LogP contribution in [0.15, 0.2) is 0 Å². The summed E-state index contributed by atoms with van der Waals surface area (Å²) < 4.78 is 0. The molecular formula is C7H13N3O4. The highest BCUT2D eigenvalue weighted by Gasteiger charge is 2.06. The van der Waals surface area contributed by atoms with Crippen LogP contribution >= 0.6 is 0 Å². The second-order valence-corrected chi connectivity index (χ2v) is 2.40. The molecule has 0 aliphatic rings. The zero-order valence-corrected chi connectivity index (χ0v) is 7.79. The number of imide groups is 1. The van der Waals surface area contributed by atoms with Crippen molar-refractivity contribution in [1.82, 2.24) is 16.0 Å². The van der Waals surface area contributed by atoms with E-state index in [0.29, 0.717) is 6.54 Å². The van der Waals surface area contributed by atoms with Crippen LogP contribution in [-0.2, 0) is 9.59 Å². The minimum absolute atomic E-state index is 0.205. The fourth-order valence-electron chi connectivity index (χ4n) is 0.659. The van der Waals surface area contributed by atoms with Crippen molar-refractivity contribution in [2.75, 3.05) is 19.6 Å². The summed E-state index contributed by atoms with van der Waals surface area (Å²) in [5, 5.41) is 14.9. The van der Waals surface area contributed by atoms with Gasteiger partial charge < -0.3 is 10.4 Å². The molecule has 0 radical (unpaired) electrons. The highest BCUT2D eigenvalue weighted by molar-refractivity contribution is 5.95. The normalized spacial score (nSPS) is 9.21. The van der Waals surface area contributed by atoms with Gasteiger partial charge >= 0.3 is 12.0 Å². The summed E-state index contributed by atoms with van der Waals surface area (Å²) in [5.74, 6) is -1.63. The van der Waals surface area contributed by atoms with Crippen LogP contribution in [0.4, 0.5) is 4.79 Å². The molecule has 0 aromatic heterocycles. The number of carboxylic acid groups (broad SMARTS) is 1. The number of hydrogen-bond acceptors (Lipinski definition) is 4. The number of carbonyl (C=O) groups excluding carboxylic acids is 2. The van der Waals surface area contributed by atoms with E-state index in [2.05, 4.69) is 10.6 Å². The lowest BCUT2D eigenvalue weighted by molar-refractivity contribution is -0.135. The van der Waals surface area contributed by atoms with E-state index in [1.165, 1.54) is 0 Å². The second-order valence-electron chi connectivity index (χ2n) is 2.40. The Kier molecular flexibility index (Phi) is 6.04. The van der Waals surface area contributed by atoms with Crippen LogP contribution in [-0.4, -0.2) is 42.6 Å². The van der Waals surface area contributed by atoms with Crippen molar-refractivity contribution in [1.29, 1.82) is 0 Å². The molecule has 0 fully saturated rings. The molecule has 0 aromatic carbocycles. The van der Waals surface area contributed by atoms with Crippen molar-refractivity contribution in [2.24, 2.45) is 0 Å². The molecule has 0 bridgehead atoms. The molecule has 0 heterocycles. The molecule has 0 saturated heterocycles. The third-order valence-corrected chi connectivity index (χ3v) is 1.15. The fourth-order valence-corrected chi connectivity index (χ4v) is 0.659. The summed E-state index contributed by atoms with van der Waals surface area (Å²) in [6.45, 7) is 1.61. The molecule has 0 rings (SSSR count). The maximum absolute atomic E-state index is 10.9. The summed E-state index contributed by atoms with van der Waals surface area (Å²) >= 11 is 0. The van der Waals surface area contributed by atoms with Gasteiger partial charge in [-0.3, -0.25) is 20.2 Å². The van der Waals surface area contributed by atoms with E-state index in [9.17, 15) is 14.4 Å². The van der Waals surface area contributed by atoms with Crippen molar-refractivity contribution in [3.8, 4) is 0 Å². The van der Waals surface area contributed by atoms with Gasteiger partial charge in [0.2, 0.25) is 5.91 Å². The number of rotatable bonds is 5. The van der Waals surface area contributed by atoms with Crippen LogP contribution in [0.2, 0.25) is 0 Å². The molecule has 0 aliphatic carbocycles. The summed E-state index contributed by atoms with van der Waals surface area (Å²) in [6, 6.07) is -0.588. The molecule has 0 unspecified atom stereocenters. The van der Waals surface area contributed by atoms with Crippen LogP contribution in [0.1, 0.15) is 6.92 Å². The quantitative estimate of drug-likeness (QED) is 0.435. The van der Waals surface area contributed by atoms with Gasteiger partial charge in [-0.05, 0) is 6.92 Å². The number of hydrogen-bond donors (Lipinski definition) is 4. The Morgan fingerprint density at radius 2 is 1.86 bits per heavy atom. The average molecular weight is 203 g/mol. The third kappa shape index (κ3) is 7.04. The number of urea groups is 1. The van der Waals surface area contributed by atoms with E-state index in [1.54, 1.807) is 6.92 Å². The van der Waals surface area contributed by atoms with Gasteiger partial charge in [0.15, 0.2) is 0 Å². The van der Waals surface area contributed by atoms with Crippen LogP contribution in [0, 0.1) is 0 Å². The van der Waals surface area contributed by atoms with E-state index >= 15 is 0 Å². The van der Waals surface area contributed by atoms with E-state index in [-0.39, 0.29) is 13.1 Å². The topological polar surface area (TPSA) is 108 Å². The zero-order chi connectivity index (χ0) is 11.0. The number of aliphatic carboxylic acids is 1.